The Balaban J connectivity index is 1.27. The maximum absolute atomic E-state index is 16.1. The van der Waals surface area contributed by atoms with Crippen molar-refractivity contribution in [3.8, 4) is 34.5 Å². The summed E-state index contributed by atoms with van der Waals surface area (Å²) < 4.78 is 50.7. The van der Waals surface area contributed by atoms with E-state index >= 15 is 9.42 Å². The van der Waals surface area contributed by atoms with Crippen molar-refractivity contribution in [3.05, 3.63) is 74.1 Å². The van der Waals surface area contributed by atoms with Crippen molar-refractivity contribution in [2.45, 2.75) is 74.8 Å². The lowest BCUT2D eigenvalue weighted by atomic mass is 9.72. The van der Waals surface area contributed by atoms with Crippen molar-refractivity contribution in [2.24, 2.45) is 0 Å². The third-order valence-corrected chi connectivity index (χ3v) is 15.1. The number of aromatic amines is 1. The van der Waals surface area contributed by atoms with Crippen LogP contribution in [0.1, 0.15) is 68.9 Å². The Morgan fingerprint density at radius 3 is 2.60 bits per heavy atom. The molecule has 4 aromatic rings. The molecule has 306 valence electrons. The van der Waals surface area contributed by atoms with Gasteiger partial charge in [0.25, 0.3) is 0 Å². The van der Waals surface area contributed by atoms with Crippen molar-refractivity contribution in [2.75, 3.05) is 47.0 Å². The average molecular weight is 817 g/mol. The number of likely N-dealkylation sites (N-methyl/N-ethyl adjacent to an activating group) is 1. The number of nitrogens with one attached hydrogen (secondary N) is 2. The highest BCUT2D eigenvalue weighted by molar-refractivity contribution is 7.85. The lowest BCUT2D eigenvalue weighted by Gasteiger charge is -2.67. The van der Waals surface area contributed by atoms with Gasteiger partial charge in [-0.1, -0.05) is 6.07 Å². The first-order chi connectivity index (χ1) is 27.7. The van der Waals surface area contributed by atoms with Gasteiger partial charge in [0.15, 0.2) is 34.8 Å². The third kappa shape index (κ3) is 4.82. The van der Waals surface area contributed by atoms with E-state index in [1.54, 1.807) is 25.9 Å². The molecule has 11 rings (SSSR count). The van der Waals surface area contributed by atoms with Gasteiger partial charge in [-0.25, -0.2) is 4.79 Å². The number of hydrogen-bond acceptors (Lipinski definition) is 14. The number of H-pyrrole nitrogens is 1. The Morgan fingerprint density at radius 1 is 1.09 bits per heavy atom. The lowest BCUT2D eigenvalue weighted by Crippen LogP contribution is -2.75. The number of rotatable bonds is 3. The highest BCUT2D eigenvalue weighted by Crippen LogP contribution is 2.64. The van der Waals surface area contributed by atoms with Crippen molar-refractivity contribution in [3.63, 3.8) is 0 Å². The number of nitrogens with zero attached hydrogens (tertiary/aromatic N) is 2. The minimum absolute atomic E-state index is 0.0872. The standard InChI is InChI=1S/C41H44N4O12S/c1-17-11-20-12-26-39(48)44-25-14-54-40(49)41(38-22(9-10-42-41)23-13-21(52-5)7-8-24(23)43-38)15-58(51)37(30(44)31(45(26,4)50)27(20)32(47)33(17)53-6)29-28(25)36-35(55-16-56-36)18(2)34(29)57-19(3)46/h7-8,11,13,25-26,30-31,37,39,42-43,47-48H,9-10,12,14-16H2,1-6H3/t25-,26-,30-,31+,37+,39-,41+,45?,58?/m0/s1. The fourth-order valence-electron chi connectivity index (χ4n) is 11.0. The fourth-order valence-corrected chi connectivity index (χ4v) is 13.0. The second-order valence-electron chi connectivity index (χ2n) is 16.2. The summed E-state index contributed by atoms with van der Waals surface area (Å²) in [5.74, 6) is -0.382. The number of fused-ring (bicyclic) bond motifs is 11. The smallest absolute Gasteiger partial charge is 0.333 e. The van der Waals surface area contributed by atoms with E-state index in [-0.39, 0.29) is 48.6 Å². The summed E-state index contributed by atoms with van der Waals surface area (Å²) in [6, 6.07) is 3.16. The lowest BCUT2D eigenvalue weighted by molar-refractivity contribution is -0.936. The van der Waals surface area contributed by atoms with Gasteiger partial charge in [-0.2, -0.15) is 0 Å². The van der Waals surface area contributed by atoms with Crippen LogP contribution in [-0.2, 0) is 43.5 Å². The van der Waals surface area contributed by atoms with Crippen LogP contribution in [-0.4, -0.2) is 106 Å². The van der Waals surface area contributed by atoms with Gasteiger partial charge in [-0.15, -0.1) is 0 Å². The number of phenolic OH excluding ortho intramolecular Hbond substituents is 1. The van der Waals surface area contributed by atoms with E-state index < -0.39 is 68.6 Å². The van der Waals surface area contributed by atoms with Crippen LogP contribution in [0.15, 0.2) is 24.3 Å². The molecule has 0 aliphatic carbocycles. The summed E-state index contributed by atoms with van der Waals surface area (Å²) in [7, 11) is 2.33. The van der Waals surface area contributed by atoms with E-state index in [9.17, 15) is 19.8 Å². The largest absolute Gasteiger partial charge is 0.632 e. The van der Waals surface area contributed by atoms with Gasteiger partial charge in [0.2, 0.25) is 6.79 Å². The first-order valence-corrected chi connectivity index (χ1v) is 20.7. The van der Waals surface area contributed by atoms with Crippen molar-refractivity contribution >= 4 is 33.6 Å². The Hall–Kier alpha value is -4.91. The number of esters is 2. The second kappa shape index (κ2) is 12.8. The van der Waals surface area contributed by atoms with Gasteiger partial charge in [0.1, 0.15) is 30.2 Å². The molecule has 4 N–H and O–H groups in total. The molecule has 16 nitrogen and oxygen atoms in total. The number of carbonyl (C=O) groups excluding carboxylic acids is 2. The predicted molar refractivity (Wildman–Crippen MR) is 207 cm³/mol. The molecule has 1 spiro atoms. The van der Waals surface area contributed by atoms with Crippen LogP contribution in [0.2, 0.25) is 0 Å². The van der Waals surface area contributed by atoms with Crippen LogP contribution in [0.5, 0.6) is 34.5 Å². The first-order valence-electron chi connectivity index (χ1n) is 19.3. The summed E-state index contributed by atoms with van der Waals surface area (Å²) in [6.45, 7) is 4.60. The molecule has 1 aromatic heterocycles. The quantitative estimate of drug-likeness (QED) is 0.102. The molecule has 0 radical (unpaired) electrons. The Bertz CT molecular complexity index is 2500. The molecular formula is C41H44N4O12S. The van der Waals surface area contributed by atoms with E-state index in [1.807, 2.05) is 24.3 Å². The molecule has 7 aliphatic rings. The molecule has 58 heavy (non-hydrogen) atoms. The molecule has 2 saturated heterocycles. The molecule has 7 aliphatic heterocycles. The average Bonchev–Trinajstić information content (AvgIpc) is 3.83. The van der Waals surface area contributed by atoms with Crippen LogP contribution >= 0.6 is 0 Å². The maximum Gasteiger partial charge on any atom is 0.333 e. The van der Waals surface area contributed by atoms with E-state index in [4.69, 9.17) is 28.4 Å². The van der Waals surface area contributed by atoms with Crippen molar-refractivity contribution < 1.29 is 57.1 Å². The Labute approximate surface area is 335 Å². The fraction of sp³-hybridized carbons (Fsp3) is 0.463. The number of phenols is 1. The normalized spacial score (nSPS) is 31.9. The number of methoxy groups -OCH3 is 2. The number of quaternary nitrogens is 1. The van der Waals surface area contributed by atoms with Gasteiger partial charge >= 0.3 is 11.9 Å². The van der Waals surface area contributed by atoms with Crippen molar-refractivity contribution in [1.82, 2.24) is 15.2 Å². The zero-order chi connectivity index (χ0) is 40.7. The van der Waals surface area contributed by atoms with Crippen LogP contribution < -0.4 is 29.0 Å². The van der Waals surface area contributed by atoms with Crippen LogP contribution in [0, 0.1) is 19.1 Å². The third-order valence-electron chi connectivity index (χ3n) is 13.3. The molecule has 17 heteroatoms. The number of aryl methyl sites for hydroxylation is 1. The molecule has 0 amide bonds. The second-order valence-corrected chi connectivity index (χ2v) is 17.8. The van der Waals surface area contributed by atoms with Crippen LogP contribution in [0.3, 0.4) is 0 Å². The number of hydroxylamine groups is 3. The monoisotopic (exact) mass is 816 g/mol. The van der Waals surface area contributed by atoms with E-state index in [2.05, 4.69) is 10.3 Å². The van der Waals surface area contributed by atoms with Gasteiger partial charge in [-0.3, -0.25) is 19.2 Å². The number of aliphatic hydroxyl groups is 1. The maximum atomic E-state index is 16.1. The predicted octanol–water partition coefficient (Wildman–Crippen LogP) is 3.22. The van der Waals surface area contributed by atoms with Gasteiger partial charge in [0.05, 0.1) is 55.6 Å². The van der Waals surface area contributed by atoms with E-state index in [0.29, 0.717) is 63.5 Å². The first kappa shape index (κ1) is 37.4. The number of hydrogen-bond donors (Lipinski definition) is 4. The summed E-state index contributed by atoms with van der Waals surface area (Å²) in [5, 5.41) is 43.1. The van der Waals surface area contributed by atoms with Gasteiger partial charge in [0, 0.05) is 58.3 Å². The number of aromatic hydroxyl groups is 1. The molecule has 9 atom stereocenters. The SMILES string of the molecule is COc1ccc2[nH]c3c(c2c1)CCN[C@]31CS(=O)[C@@H]2c3c(OC(C)=O)c(C)c4c(c3[C@H](COC1=O)N1[C@H]2[C@H]2c3c(cc(C)c(OC)c3O)C[C@@H]([C@@H]1O)[N+]2(C)[O-])OCO4. The van der Waals surface area contributed by atoms with E-state index in [0.717, 1.165) is 16.5 Å². The summed E-state index contributed by atoms with van der Waals surface area (Å²) in [6.07, 6.45) is -0.800. The Morgan fingerprint density at radius 2 is 1.86 bits per heavy atom. The zero-order valence-electron chi connectivity index (χ0n) is 32.8. The van der Waals surface area contributed by atoms with Crippen molar-refractivity contribution in [1.29, 1.82) is 0 Å². The van der Waals surface area contributed by atoms with E-state index in [1.165, 1.54) is 21.1 Å². The molecule has 2 fully saturated rings. The molecule has 3 aromatic carbocycles. The minimum Gasteiger partial charge on any atom is -0.632 e. The molecule has 8 heterocycles. The van der Waals surface area contributed by atoms with Crippen LogP contribution in [0.25, 0.3) is 10.9 Å². The number of ether oxygens (including phenoxy) is 6. The number of carbonyl (C=O) groups is 2. The highest BCUT2D eigenvalue weighted by Gasteiger charge is 2.66. The number of aliphatic hydroxyl groups excluding tert-OH is 1. The number of benzene rings is 3. The topological polar surface area (TPSA) is 201 Å². The van der Waals surface area contributed by atoms with Gasteiger partial charge in [-0.05, 0) is 55.2 Å². The molecule has 0 saturated carbocycles. The van der Waals surface area contributed by atoms with Crippen LogP contribution in [0.4, 0.5) is 0 Å². The molecular weight excluding hydrogens is 773 g/mol. The minimum atomic E-state index is -2.15. The number of aromatic nitrogens is 1. The summed E-state index contributed by atoms with van der Waals surface area (Å²) in [5.41, 5.74) is 3.20. The zero-order valence-corrected chi connectivity index (χ0v) is 33.6. The molecule has 2 unspecified atom stereocenters. The van der Waals surface area contributed by atoms with Gasteiger partial charge < -0.3 is 53.5 Å². The summed E-state index contributed by atoms with van der Waals surface area (Å²) >= 11 is 0. The summed E-state index contributed by atoms with van der Waals surface area (Å²) in [4.78, 5) is 33.0. The number of piperazine rings is 1. The Kier molecular flexibility index (Phi) is 8.24. The molecule has 4 bridgehead atoms. The highest BCUT2D eigenvalue weighted by atomic mass is 32.2.